The fourth-order valence-electron chi connectivity index (χ4n) is 1.38. The van der Waals surface area contributed by atoms with Crippen LogP contribution in [0.4, 0.5) is 0 Å². The molecular weight excluding hydrogens is 176 g/mol. The van der Waals surface area contributed by atoms with Gasteiger partial charge in [0.1, 0.15) is 5.82 Å². The van der Waals surface area contributed by atoms with Crippen molar-refractivity contribution in [2.75, 3.05) is 12.0 Å². The molecule has 0 saturated heterocycles. The molecule has 4 heteroatoms. The molecule has 0 aliphatic carbocycles. The predicted molar refractivity (Wildman–Crippen MR) is 55.6 cm³/mol. The van der Waals surface area contributed by atoms with Crippen LogP contribution in [0.25, 0.3) is 0 Å². The van der Waals surface area contributed by atoms with Gasteiger partial charge in [-0.25, -0.2) is 4.98 Å². The van der Waals surface area contributed by atoms with Crippen molar-refractivity contribution in [3.05, 3.63) is 42.7 Å². The van der Waals surface area contributed by atoms with Crippen LogP contribution in [0.15, 0.2) is 36.9 Å². The second kappa shape index (κ2) is 4.00. The van der Waals surface area contributed by atoms with E-state index in [0.29, 0.717) is 0 Å². The first-order valence-corrected chi connectivity index (χ1v) is 4.71. The predicted octanol–water partition coefficient (Wildman–Crippen LogP) is 1.24. The zero-order valence-corrected chi connectivity index (χ0v) is 8.22. The van der Waals surface area contributed by atoms with Crippen molar-refractivity contribution in [3.8, 4) is 0 Å². The molecule has 2 rings (SSSR count). The molecule has 2 aromatic rings. The van der Waals surface area contributed by atoms with E-state index < -0.39 is 0 Å². The summed E-state index contributed by atoms with van der Waals surface area (Å²) in [5.41, 5.74) is 3.26. The Balaban J connectivity index is 1.81. The first-order valence-electron chi connectivity index (χ1n) is 4.71. The maximum absolute atomic E-state index is 4.16. The molecule has 0 radical (unpaired) electrons. The van der Waals surface area contributed by atoms with Crippen molar-refractivity contribution in [2.45, 2.75) is 13.5 Å². The SMILES string of the molecule is Cc1nccn1CCNn1cccc1. The average Bonchev–Trinajstić information content (AvgIpc) is 2.78. The lowest BCUT2D eigenvalue weighted by atomic mass is 10.6. The van der Waals surface area contributed by atoms with Gasteiger partial charge in [-0.1, -0.05) is 0 Å². The fourth-order valence-corrected chi connectivity index (χ4v) is 1.38. The Morgan fingerprint density at radius 2 is 2.07 bits per heavy atom. The zero-order valence-electron chi connectivity index (χ0n) is 8.22. The summed E-state index contributed by atoms with van der Waals surface area (Å²) in [7, 11) is 0. The van der Waals surface area contributed by atoms with E-state index >= 15 is 0 Å². The zero-order chi connectivity index (χ0) is 9.80. The summed E-state index contributed by atoms with van der Waals surface area (Å²) in [6.07, 6.45) is 7.79. The van der Waals surface area contributed by atoms with Crippen LogP contribution in [0.2, 0.25) is 0 Å². The van der Waals surface area contributed by atoms with Crippen LogP contribution in [0.3, 0.4) is 0 Å². The first-order chi connectivity index (χ1) is 6.86. The smallest absolute Gasteiger partial charge is 0.105 e. The summed E-state index contributed by atoms with van der Waals surface area (Å²) in [6.45, 7) is 3.84. The number of nitrogens with one attached hydrogen (secondary N) is 1. The normalized spacial score (nSPS) is 10.4. The maximum atomic E-state index is 4.16. The first kappa shape index (κ1) is 8.87. The molecule has 14 heavy (non-hydrogen) atoms. The molecule has 74 valence electrons. The van der Waals surface area contributed by atoms with Gasteiger partial charge in [-0.15, -0.1) is 0 Å². The highest BCUT2D eigenvalue weighted by Crippen LogP contribution is 1.94. The van der Waals surface area contributed by atoms with Crippen LogP contribution in [0.5, 0.6) is 0 Å². The number of aromatic nitrogens is 3. The van der Waals surface area contributed by atoms with E-state index in [-0.39, 0.29) is 0 Å². The van der Waals surface area contributed by atoms with E-state index in [9.17, 15) is 0 Å². The molecule has 0 fully saturated rings. The molecule has 4 nitrogen and oxygen atoms in total. The van der Waals surface area contributed by atoms with Crippen LogP contribution < -0.4 is 5.43 Å². The standard InChI is InChI=1S/C10H14N4/c1-10-11-4-8-13(10)9-5-12-14-6-2-3-7-14/h2-4,6-8,12H,5,9H2,1H3. The molecule has 0 unspecified atom stereocenters. The summed E-state index contributed by atoms with van der Waals surface area (Å²) in [5.74, 6) is 1.05. The van der Waals surface area contributed by atoms with E-state index in [2.05, 4.69) is 15.0 Å². The summed E-state index contributed by atoms with van der Waals surface area (Å²) in [6, 6.07) is 3.99. The third-order valence-electron chi connectivity index (χ3n) is 2.18. The van der Waals surface area contributed by atoms with E-state index in [1.165, 1.54) is 0 Å². The molecule has 2 aromatic heterocycles. The van der Waals surface area contributed by atoms with Gasteiger partial charge in [-0.05, 0) is 19.1 Å². The van der Waals surface area contributed by atoms with E-state index in [1.54, 1.807) is 0 Å². The molecule has 0 aromatic carbocycles. The molecule has 0 aliphatic rings. The van der Waals surface area contributed by atoms with Crippen LogP contribution in [-0.4, -0.2) is 20.8 Å². The van der Waals surface area contributed by atoms with Gasteiger partial charge in [0.25, 0.3) is 0 Å². The van der Waals surface area contributed by atoms with Gasteiger partial charge in [-0.3, -0.25) is 4.68 Å². The summed E-state index contributed by atoms with van der Waals surface area (Å²) < 4.78 is 4.07. The highest BCUT2D eigenvalue weighted by atomic mass is 15.4. The Morgan fingerprint density at radius 3 is 2.71 bits per heavy atom. The van der Waals surface area contributed by atoms with Gasteiger partial charge >= 0.3 is 0 Å². The van der Waals surface area contributed by atoms with Crippen LogP contribution >= 0.6 is 0 Å². The second-order valence-corrected chi connectivity index (χ2v) is 3.17. The third-order valence-corrected chi connectivity index (χ3v) is 2.18. The average molecular weight is 190 g/mol. The Labute approximate surface area is 83.2 Å². The molecular formula is C10H14N4. The molecule has 2 heterocycles. The largest absolute Gasteiger partial charge is 0.333 e. The number of aryl methyl sites for hydroxylation is 1. The van der Waals surface area contributed by atoms with Gasteiger partial charge in [-0.2, -0.15) is 0 Å². The van der Waals surface area contributed by atoms with Gasteiger partial charge in [0.15, 0.2) is 0 Å². The van der Waals surface area contributed by atoms with Crippen molar-refractivity contribution in [3.63, 3.8) is 0 Å². The summed E-state index contributed by atoms with van der Waals surface area (Å²) in [4.78, 5) is 4.16. The lowest BCUT2D eigenvalue weighted by Crippen LogP contribution is -2.18. The highest BCUT2D eigenvalue weighted by molar-refractivity contribution is 4.94. The summed E-state index contributed by atoms with van der Waals surface area (Å²) in [5, 5.41) is 0. The van der Waals surface area contributed by atoms with Gasteiger partial charge < -0.3 is 9.99 Å². The number of hydrogen-bond acceptors (Lipinski definition) is 2. The number of nitrogens with zero attached hydrogens (tertiary/aromatic N) is 3. The van der Waals surface area contributed by atoms with Crippen LogP contribution in [0.1, 0.15) is 5.82 Å². The van der Waals surface area contributed by atoms with Crippen LogP contribution in [0, 0.1) is 6.92 Å². The monoisotopic (exact) mass is 190 g/mol. The Hall–Kier alpha value is -1.71. The van der Waals surface area contributed by atoms with E-state index in [1.807, 2.05) is 48.5 Å². The molecule has 0 saturated carbocycles. The molecule has 0 spiro atoms. The highest BCUT2D eigenvalue weighted by Gasteiger charge is 1.94. The molecule has 0 atom stereocenters. The number of imidazole rings is 1. The maximum Gasteiger partial charge on any atom is 0.105 e. The van der Waals surface area contributed by atoms with Gasteiger partial charge in [0, 0.05) is 37.9 Å². The minimum Gasteiger partial charge on any atom is -0.333 e. The minimum atomic E-state index is 0.895. The quantitative estimate of drug-likeness (QED) is 0.787. The Kier molecular flexibility index (Phi) is 2.53. The topological polar surface area (TPSA) is 34.8 Å². The van der Waals surface area contributed by atoms with Crippen molar-refractivity contribution in [2.24, 2.45) is 0 Å². The summed E-state index contributed by atoms with van der Waals surface area (Å²) >= 11 is 0. The Bertz CT molecular complexity index is 374. The molecule has 0 amide bonds. The molecule has 0 bridgehead atoms. The van der Waals surface area contributed by atoms with Crippen molar-refractivity contribution in [1.29, 1.82) is 0 Å². The molecule has 0 aliphatic heterocycles. The third kappa shape index (κ3) is 1.96. The van der Waals surface area contributed by atoms with Crippen molar-refractivity contribution < 1.29 is 0 Å². The van der Waals surface area contributed by atoms with Crippen LogP contribution in [-0.2, 0) is 6.54 Å². The van der Waals surface area contributed by atoms with Crippen molar-refractivity contribution in [1.82, 2.24) is 14.2 Å². The minimum absolute atomic E-state index is 0.895. The Morgan fingerprint density at radius 1 is 1.29 bits per heavy atom. The lowest BCUT2D eigenvalue weighted by molar-refractivity contribution is 0.666. The fraction of sp³-hybridized carbons (Fsp3) is 0.300. The number of rotatable bonds is 4. The van der Waals surface area contributed by atoms with E-state index in [0.717, 1.165) is 18.9 Å². The second-order valence-electron chi connectivity index (χ2n) is 3.17. The van der Waals surface area contributed by atoms with Gasteiger partial charge in [0.2, 0.25) is 0 Å². The lowest BCUT2D eigenvalue weighted by Gasteiger charge is -2.08. The van der Waals surface area contributed by atoms with Crippen molar-refractivity contribution >= 4 is 0 Å². The number of hydrogen-bond donors (Lipinski definition) is 1. The van der Waals surface area contributed by atoms with Gasteiger partial charge in [0.05, 0.1) is 0 Å². The van der Waals surface area contributed by atoms with E-state index in [4.69, 9.17) is 0 Å². The molecule has 1 N–H and O–H groups in total.